The fourth-order valence-electron chi connectivity index (χ4n) is 2.32. The van der Waals surface area contributed by atoms with Gasteiger partial charge in [0, 0.05) is 12.1 Å². The van der Waals surface area contributed by atoms with E-state index < -0.39 is 25.2 Å². The van der Waals surface area contributed by atoms with Gasteiger partial charge in [0.25, 0.3) is 5.69 Å². The van der Waals surface area contributed by atoms with Gasteiger partial charge in [0.15, 0.2) is 0 Å². The molecule has 0 heterocycles. The number of non-ortho nitro benzene ring substituents is 1. The molecule has 0 aliphatic carbocycles. The Balaban J connectivity index is 2.18. The molecule has 27 heavy (non-hydrogen) atoms. The number of nitro groups is 1. The summed E-state index contributed by atoms with van der Waals surface area (Å²) in [7, 11) is -2.16. The van der Waals surface area contributed by atoms with E-state index in [0.29, 0.717) is 0 Å². The molecule has 0 amide bonds. The van der Waals surface area contributed by atoms with Gasteiger partial charge >= 0.3 is 11.9 Å². The number of carbonyl (C=O) groups is 2. The molecule has 2 aromatic rings. The van der Waals surface area contributed by atoms with E-state index in [4.69, 9.17) is 9.16 Å². The monoisotopic (exact) mass is 387 g/mol. The van der Waals surface area contributed by atoms with Crippen LogP contribution >= 0.6 is 0 Å². The Bertz CT molecular complexity index is 845. The predicted octanol–water partition coefficient (Wildman–Crippen LogP) is 3.87. The number of hydrogen-bond acceptors (Lipinski definition) is 6. The van der Waals surface area contributed by atoms with Crippen LogP contribution in [0.1, 0.15) is 21.5 Å². The lowest BCUT2D eigenvalue weighted by atomic mass is 10.0. The van der Waals surface area contributed by atoms with Crippen molar-refractivity contribution < 1.29 is 23.7 Å². The van der Waals surface area contributed by atoms with E-state index in [1.807, 2.05) is 50.0 Å². The first kappa shape index (κ1) is 20.3. The number of nitro benzene ring substituents is 1. The van der Waals surface area contributed by atoms with Crippen LogP contribution in [0.15, 0.2) is 48.5 Å². The maximum absolute atomic E-state index is 12.4. The molecule has 142 valence electrons. The van der Waals surface area contributed by atoms with E-state index in [1.54, 1.807) is 0 Å². The van der Waals surface area contributed by atoms with Crippen molar-refractivity contribution in [3.63, 3.8) is 0 Å². The first-order valence-corrected chi connectivity index (χ1v) is 11.8. The molecular formula is C19H21NO6Si. The molecule has 0 spiro atoms. The maximum Gasteiger partial charge on any atom is 0.325 e. The topological polar surface area (TPSA) is 95.7 Å². The Morgan fingerprint density at radius 2 is 1.74 bits per heavy atom. The number of benzene rings is 2. The minimum atomic E-state index is -2.16. The molecule has 0 unspecified atom stereocenters. The number of rotatable bonds is 7. The summed E-state index contributed by atoms with van der Waals surface area (Å²) in [6.07, 6.45) is -0.259. The summed E-state index contributed by atoms with van der Waals surface area (Å²) in [5, 5.41) is 11.0. The second-order valence-corrected chi connectivity index (χ2v) is 11.4. The molecule has 0 bridgehead atoms. The van der Waals surface area contributed by atoms with E-state index in [2.05, 4.69) is 0 Å². The van der Waals surface area contributed by atoms with Gasteiger partial charge in [-0.05, 0) is 36.8 Å². The van der Waals surface area contributed by atoms with E-state index in [-0.39, 0.29) is 29.8 Å². The Labute approximate surface area is 158 Å². The fraction of sp³-hybridized carbons (Fsp3) is 0.263. The van der Waals surface area contributed by atoms with Gasteiger partial charge in [0.2, 0.25) is 8.32 Å². The number of hydrogen-bond donors (Lipinski definition) is 0. The van der Waals surface area contributed by atoms with Crippen LogP contribution < -0.4 is 0 Å². The molecule has 7 nitrogen and oxygen atoms in total. The largest absolute Gasteiger partial charge is 0.516 e. The quantitative estimate of drug-likeness (QED) is 0.310. The molecule has 2 aromatic carbocycles. The van der Waals surface area contributed by atoms with Crippen LogP contribution in [0, 0.1) is 10.1 Å². The van der Waals surface area contributed by atoms with Crippen LogP contribution in [0.3, 0.4) is 0 Å². The Morgan fingerprint density at radius 1 is 1.07 bits per heavy atom. The van der Waals surface area contributed by atoms with Crippen LogP contribution in [0.2, 0.25) is 19.6 Å². The molecule has 0 aliphatic heterocycles. The van der Waals surface area contributed by atoms with Crippen LogP contribution in [-0.2, 0) is 27.0 Å². The standard InChI is InChI=1S/C19H21NO6Si/c1-27(2,3)26-19(22)17-10-9-16(20(23)24)11-15(17)12-18(21)25-13-14-7-5-4-6-8-14/h4-11H,12-13H2,1-3H3. The predicted molar refractivity (Wildman–Crippen MR) is 102 cm³/mol. The molecule has 0 atom stereocenters. The van der Waals surface area contributed by atoms with E-state index in [1.165, 1.54) is 18.2 Å². The SMILES string of the molecule is C[Si](C)(C)OC(=O)c1ccc([N+](=O)[O-])cc1CC(=O)OCc1ccccc1. The normalized spacial score (nSPS) is 10.9. The minimum absolute atomic E-state index is 0.0866. The highest BCUT2D eigenvalue weighted by atomic mass is 28.4. The zero-order valence-corrected chi connectivity index (χ0v) is 16.4. The average Bonchev–Trinajstić information content (AvgIpc) is 2.59. The Morgan fingerprint density at radius 3 is 2.33 bits per heavy atom. The molecule has 0 saturated heterocycles. The lowest BCUT2D eigenvalue weighted by Gasteiger charge is -2.18. The first-order chi connectivity index (χ1) is 12.7. The van der Waals surface area contributed by atoms with Crippen LogP contribution in [0.4, 0.5) is 5.69 Å². The fourth-order valence-corrected chi connectivity index (χ4v) is 2.98. The number of nitrogens with zero attached hydrogens (tertiary/aromatic N) is 1. The highest BCUT2D eigenvalue weighted by Gasteiger charge is 2.25. The van der Waals surface area contributed by atoms with Gasteiger partial charge < -0.3 is 9.16 Å². The van der Waals surface area contributed by atoms with E-state index >= 15 is 0 Å². The zero-order chi connectivity index (χ0) is 20.0. The third kappa shape index (κ3) is 6.34. The third-order valence-electron chi connectivity index (χ3n) is 3.50. The van der Waals surface area contributed by atoms with Crippen LogP contribution in [-0.4, -0.2) is 25.2 Å². The average molecular weight is 387 g/mol. The summed E-state index contributed by atoms with van der Waals surface area (Å²) in [4.78, 5) is 35.1. The summed E-state index contributed by atoms with van der Waals surface area (Å²) in [5.41, 5.74) is 0.971. The smallest absolute Gasteiger partial charge is 0.325 e. The summed E-state index contributed by atoms with van der Waals surface area (Å²) in [6, 6.07) is 12.9. The van der Waals surface area contributed by atoms with Crippen LogP contribution in [0.5, 0.6) is 0 Å². The summed E-state index contributed by atoms with van der Waals surface area (Å²) in [6.45, 7) is 5.64. The number of esters is 1. The lowest BCUT2D eigenvalue weighted by molar-refractivity contribution is -0.384. The lowest BCUT2D eigenvalue weighted by Crippen LogP contribution is -2.29. The summed E-state index contributed by atoms with van der Waals surface area (Å²) >= 11 is 0. The minimum Gasteiger partial charge on any atom is -0.516 e. The molecule has 0 aromatic heterocycles. The molecule has 0 saturated carbocycles. The molecule has 0 fully saturated rings. The molecule has 8 heteroatoms. The highest BCUT2D eigenvalue weighted by Crippen LogP contribution is 2.21. The van der Waals surface area contributed by atoms with Crippen molar-refractivity contribution in [3.05, 3.63) is 75.3 Å². The van der Waals surface area contributed by atoms with Gasteiger partial charge in [-0.1, -0.05) is 30.3 Å². The van der Waals surface area contributed by atoms with Gasteiger partial charge in [0.05, 0.1) is 16.9 Å². The van der Waals surface area contributed by atoms with Crippen molar-refractivity contribution in [3.8, 4) is 0 Å². The second kappa shape index (κ2) is 8.59. The molecule has 0 N–H and O–H groups in total. The van der Waals surface area contributed by atoms with Gasteiger partial charge in [-0.15, -0.1) is 0 Å². The van der Waals surface area contributed by atoms with Crippen molar-refractivity contribution in [1.82, 2.24) is 0 Å². The van der Waals surface area contributed by atoms with E-state index in [9.17, 15) is 19.7 Å². The van der Waals surface area contributed by atoms with Crippen molar-refractivity contribution in [2.75, 3.05) is 0 Å². The Hall–Kier alpha value is -3.00. The first-order valence-electron chi connectivity index (χ1n) is 8.36. The highest BCUT2D eigenvalue weighted by molar-refractivity contribution is 6.71. The van der Waals surface area contributed by atoms with Crippen molar-refractivity contribution >= 4 is 25.9 Å². The Kier molecular flexibility index (Phi) is 6.46. The number of carbonyl (C=O) groups excluding carboxylic acids is 2. The van der Waals surface area contributed by atoms with Gasteiger partial charge in [-0.25, -0.2) is 4.79 Å². The van der Waals surface area contributed by atoms with Gasteiger partial charge in [-0.3, -0.25) is 14.9 Å². The van der Waals surface area contributed by atoms with Gasteiger partial charge in [0.1, 0.15) is 6.61 Å². The van der Waals surface area contributed by atoms with Crippen molar-refractivity contribution in [2.45, 2.75) is 32.7 Å². The maximum atomic E-state index is 12.4. The summed E-state index contributed by atoms with van der Waals surface area (Å²) in [5.74, 6) is -1.17. The van der Waals surface area contributed by atoms with Crippen molar-refractivity contribution in [2.24, 2.45) is 0 Å². The zero-order valence-electron chi connectivity index (χ0n) is 15.4. The molecule has 2 rings (SSSR count). The van der Waals surface area contributed by atoms with Gasteiger partial charge in [-0.2, -0.15) is 0 Å². The van der Waals surface area contributed by atoms with Crippen molar-refractivity contribution in [1.29, 1.82) is 0 Å². The third-order valence-corrected chi connectivity index (χ3v) is 4.29. The summed E-state index contributed by atoms with van der Waals surface area (Å²) < 4.78 is 10.7. The molecular weight excluding hydrogens is 366 g/mol. The van der Waals surface area contributed by atoms with Crippen LogP contribution in [0.25, 0.3) is 0 Å². The molecule has 0 radical (unpaired) electrons. The second-order valence-electron chi connectivity index (χ2n) is 6.92. The van der Waals surface area contributed by atoms with E-state index in [0.717, 1.165) is 5.56 Å². The molecule has 0 aliphatic rings. The number of ether oxygens (including phenoxy) is 1.